The van der Waals surface area contributed by atoms with Gasteiger partial charge in [-0.05, 0) is 50.5 Å². The van der Waals surface area contributed by atoms with E-state index in [1.165, 1.54) is 6.07 Å². The highest BCUT2D eigenvalue weighted by Crippen LogP contribution is 2.19. The fraction of sp³-hybridized carbons (Fsp3) is 0.538. The minimum atomic E-state index is -3.55. The van der Waals surface area contributed by atoms with Crippen molar-refractivity contribution in [2.24, 2.45) is 0 Å². The van der Waals surface area contributed by atoms with E-state index in [-0.39, 0.29) is 17.0 Å². The van der Waals surface area contributed by atoms with Crippen molar-refractivity contribution < 1.29 is 13.2 Å². The summed E-state index contributed by atoms with van der Waals surface area (Å²) in [5.41, 5.74) is 6.97. The summed E-state index contributed by atoms with van der Waals surface area (Å²) >= 11 is 0. The number of anilines is 1. The van der Waals surface area contributed by atoms with Crippen LogP contribution in [-0.2, 0) is 14.8 Å². The number of benzene rings is 1. The first-order valence-electron chi connectivity index (χ1n) is 6.39. The lowest BCUT2D eigenvalue weighted by Gasteiger charge is -2.20. The maximum Gasteiger partial charge on any atom is 0.240 e. The largest absolute Gasteiger partial charge is 0.399 e. The molecule has 6 heteroatoms. The molecule has 1 aromatic carbocycles. The van der Waals surface area contributed by atoms with Gasteiger partial charge in [0.1, 0.15) is 0 Å². The average molecular weight is 284 g/mol. The van der Waals surface area contributed by atoms with E-state index < -0.39 is 10.0 Å². The summed E-state index contributed by atoms with van der Waals surface area (Å²) in [5.74, 6) is 0. The number of rotatable bonds is 4. The molecule has 1 aliphatic heterocycles. The SMILES string of the molecule is Cc1cc(N)cc(S(=O)(=O)NC(C)C2CCCO2)c1. The molecule has 2 unspecified atom stereocenters. The van der Waals surface area contributed by atoms with Crippen LogP contribution in [0, 0.1) is 6.92 Å². The van der Waals surface area contributed by atoms with Crippen LogP contribution < -0.4 is 10.5 Å². The lowest BCUT2D eigenvalue weighted by molar-refractivity contribution is 0.0902. The number of hydrogen-bond donors (Lipinski definition) is 2. The van der Waals surface area contributed by atoms with E-state index in [4.69, 9.17) is 10.5 Å². The standard InChI is InChI=1S/C13H20N2O3S/c1-9-6-11(14)8-12(7-9)19(16,17)15-10(2)13-4-3-5-18-13/h6-8,10,13,15H,3-5,14H2,1-2H3. The molecule has 2 rings (SSSR count). The Morgan fingerprint density at radius 2 is 2.16 bits per heavy atom. The van der Waals surface area contributed by atoms with Crippen molar-refractivity contribution in [2.45, 2.75) is 43.7 Å². The van der Waals surface area contributed by atoms with Crippen molar-refractivity contribution in [1.82, 2.24) is 4.72 Å². The van der Waals surface area contributed by atoms with Crippen LogP contribution in [0.2, 0.25) is 0 Å². The van der Waals surface area contributed by atoms with Gasteiger partial charge in [-0.15, -0.1) is 0 Å². The van der Waals surface area contributed by atoms with Gasteiger partial charge in [0.05, 0.1) is 11.0 Å². The fourth-order valence-electron chi connectivity index (χ4n) is 2.32. The number of hydrogen-bond acceptors (Lipinski definition) is 4. The normalized spacial score (nSPS) is 21.5. The van der Waals surface area contributed by atoms with Gasteiger partial charge >= 0.3 is 0 Å². The monoisotopic (exact) mass is 284 g/mol. The van der Waals surface area contributed by atoms with Crippen molar-refractivity contribution in [3.8, 4) is 0 Å². The fourth-order valence-corrected chi connectivity index (χ4v) is 3.73. The molecule has 1 saturated heterocycles. The van der Waals surface area contributed by atoms with Crippen LogP contribution in [0.1, 0.15) is 25.3 Å². The minimum Gasteiger partial charge on any atom is -0.399 e. The molecule has 0 spiro atoms. The Morgan fingerprint density at radius 1 is 1.42 bits per heavy atom. The zero-order valence-corrected chi connectivity index (χ0v) is 12.0. The summed E-state index contributed by atoms with van der Waals surface area (Å²) in [6.45, 7) is 4.35. The van der Waals surface area contributed by atoms with E-state index in [2.05, 4.69) is 4.72 Å². The van der Waals surface area contributed by atoms with Gasteiger partial charge < -0.3 is 10.5 Å². The number of ether oxygens (including phenoxy) is 1. The summed E-state index contributed by atoms with van der Waals surface area (Å²) in [7, 11) is -3.55. The summed E-state index contributed by atoms with van der Waals surface area (Å²) in [6, 6.07) is 4.58. The topological polar surface area (TPSA) is 81.4 Å². The Hall–Kier alpha value is -1.11. The van der Waals surface area contributed by atoms with E-state index in [1.807, 2.05) is 13.8 Å². The zero-order chi connectivity index (χ0) is 14.0. The molecule has 1 heterocycles. The van der Waals surface area contributed by atoms with E-state index in [0.717, 1.165) is 18.4 Å². The van der Waals surface area contributed by atoms with Gasteiger partial charge in [0.2, 0.25) is 10.0 Å². The van der Waals surface area contributed by atoms with Crippen LogP contribution in [0.15, 0.2) is 23.1 Å². The second kappa shape index (κ2) is 5.48. The molecule has 0 aliphatic carbocycles. The van der Waals surface area contributed by atoms with Crippen molar-refractivity contribution in [3.63, 3.8) is 0 Å². The predicted octanol–water partition coefficient (Wildman–Crippen LogP) is 1.42. The third-order valence-corrected chi connectivity index (χ3v) is 4.79. The van der Waals surface area contributed by atoms with Crippen molar-refractivity contribution in [2.75, 3.05) is 12.3 Å². The zero-order valence-electron chi connectivity index (χ0n) is 11.2. The van der Waals surface area contributed by atoms with Crippen molar-refractivity contribution >= 4 is 15.7 Å². The number of nitrogen functional groups attached to an aromatic ring is 1. The molecule has 1 aliphatic rings. The molecule has 0 amide bonds. The molecule has 1 aromatic rings. The van der Waals surface area contributed by atoms with Gasteiger partial charge in [0, 0.05) is 18.3 Å². The molecule has 0 bridgehead atoms. The van der Waals surface area contributed by atoms with E-state index in [1.54, 1.807) is 12.1 Å². The lowest BCUT2D eigenvalue weighted by atomic mass is 10.1. The highest BCUT2D eigenvalue weighted by atomic mass is 32.2. The van der Waals surface area contributed by atoms with Crippen LogP contribution in [0.3, 0.4) is 0 Å². The predicted molar refractivity (Wildman–Crippen MR) is 74.3 cm³/mol. The Bertz CT molecular complexity index is 531. The van der Waals surface area contributed by atoms with Gasteiger partial charge in [-0.2, -0.15) is 0 Å². The smallest absolute Gasteiger partial charge is 0.240 e. The molecule has 0 radical (unpaired) electrons. The average Bonchev–Trinajstić information content (AvgIpc) is 2.80. The molecule has 0 aromatic heterocycles. The van der Waals surface area contributed by atoms with Gasteiger partial charge in [-0.3, -0.25) is 0 Å². The molecule has 19 heavy (non-hydrogen) atoms. The third kappa shape index (κ3) is 3.46. The van der Waals surface area contributed by atoms with Gasteiger partial charge in [0.15, 0.2) is 0 Å². The second-order valence-corrected chi connectivity index (χ2v) is 6.75. The maximum absolute atomic E-state index is 12.3. The van der Waals surface area contributed by atoms with E-state index in [0.29, 0.717) is 12.3 Å². The quantitative estimate of drug-likeness (QED) is 0.819. The maximum atomic E-state index is 12.3. The number of nitrogens with one attached hydrogen (secondary N) is 1. The number of nitrogens with two attached hydrogens (primary N) is 1. The molecule has 106 valence electrons. The first-order chi connectivity index (χ1) is 8.88. The number of aryl methyl sites for hydroxylation is 1. The van der Waals surface area contributed by atoms with E-state index in [9.17, 15) is 8.42 Å². The summed E-state index contributed by atoms with van der Waals surface area (Å²) in [5, 5.41) is 0. The van der Waals surface area contributed by atoms with Gasteiger partial charge in [0.25, 0.3) is 0 Å². The summed E-state index contributed by atoms with van der Waals surface area (Å²) < 4.78 is 32.7. The van der Waals surface area contributed by atoms with Crippen LogP contribution in [0.4, 0.5) is 5.69 Å². The number of sulfonamides is 1. The molecule has 0 saturated carbocycles. The Labute approximate surface area is 114 Å². The Morgan fingerprint density at radius 3 is 2.74 bits per heavy atom. The minimum absolute atomic E-state index is 0.0445. The van der Waals surface area contributed by atoms with Crippen LogP contribution in [-0.4, -0.2) is 27.2 Å². The third-order valence-electron chi connectivity index (χ3n) is 3.25. The Balaban J connectivity index is 2.17. The molecule has 1 fully saturated rings. The van der Waals surface area contributed by atoms with Crippen LogP contribution in [0.5, 0.6) is 0 Å². The van der Waals surface area contributed by atoms with Gasteiger partial charge in [-0.25, -0.2) is 13.1 Å². The summed E-state index contributed by atoms with van der Waals surface area (Å²) in [4.78, 5) is 0.204. The molecule has 5 nitrogen and oxygen atoms in total. The first kappa shape index (κ1) is 14.3. The van der Waals surface area contributed by atoms with Crippen LogP contribution >= 0.6 is 0 Å². The molecular weight excluding hydrogens is 264 g/mol. The van der Waals surface area contributed by atoms with Crippen molar-refractivity contribution in [1.29, 1.82) is 0 Å². The second-order valence-electron chi connectivity index (χ2n) is 5.04. The van der Waals surface area contributed by atoms with Crippen LogP contribution in [0.25, 0.3) is 0 Å². The Kier molecular flexibility index (Phi) is 4.13. The summed E-state index contributed by atoms with van der Waals surface area (Å²) in [6.07, 6.45) is 1.82. The van der Waals surface area contributed by atoms with Crippen molar-refractivity contribution in [3.05, 3.63) is 23.8 Å². The van der Waals surface area contributed by atoms with E-state index >= 15 is 0 Å². The molecular formula is C13H20N2O3S. The molecule has 2 atom stereocenters. The first-order valence-corrected chi connectivity index (χ1v) is 7.88. The van der Waals surface area contributed by atoms with Gasteiger partial charge in [-0.1, -0.05) is 0 Å². The molecule has 3 N–H and O–H groups in total. The highest BCUT2D eigenvalue weighted by Gasteiger charge is 2.27. The highest BCUT2D eigenvalue weighted by molar-refractivity contribution is 7.89. The lowest BCUT2D eigenvalue weighted by Crippen LogP contribution is -2.40.